The molecular formula is C14H26N2O2. The molecule has 4 heteroatoms. The number of amides is 1. The van der Waals surface area contributed by atoms with Crippen molar-refractivity contribution in [2.24, 2.45) is 5.92 Å². The fourth-order valence-electron chi connectivity index (χ4n) is 3.21. The number of nitrogens with one attached hydrogen (secondary N) is 1. The zero-order valence-corrected chi connectivity index (χ0v) is 11.4. The highest BCUT2D eigenvalue weighted by atomic mass is 16.3. The predicted octanol–water partition coefficient (Wildman–Crippen LogP) is 1.14. The maximum Gasteiger partial charge on any atom is 0.222 e. The topological polar surface area (TPSA) is 52.6 Å². The van der Waals surface area contributed by atoms with Gasteiger partial charge in [0.05, 0.1) is 12.1 Å². The van der Waals surface area contributed by atoms with Crippen LogP contribution < -0.4 is 5.32 Å². The number of carbonyl (C=O) groups excluding carboxylic acids is 1. The highest BCUT2D eigenvalue weighted by molar-refractivity contribution is 5.76. The second kappa shape index (κ2) is 6.53. The summed E-state index contributed by atoms with van der Waals surface area (Å²) in [4.78, 5) is 14.1. The van der Waals surface area contributed by atoms with Crippen LogP contribution in [-0.4, -0.2) is 48.2 Å². The zero-order chi connectivity index (χ0) is 13.0. The Labute approximate surface area is 110 Å². The summed E-state index contributed by atoms with van der Waals surface area (Å²) in [5.41, 5.74) is 0. The summed E-state index contributed by atoms with van der Waals surface area (Å²) in [6, 6.07) is 0.0490. The first kappa shape index (κ1) is 13.8. The smallest absolute Gasteiger partial charge is 0.222 e. The van der Waals surface area contributed by atoms with Gasteiger partial charge >= 0.3 is 0 Å². The number of hydrogen-bond donors (Lipinski definition) is 2. The Morgan fingerprint density at radius 2 is 1.89 bits per heavy atom. The molecule has 2 fully saturated rings. The molecule has 0 aromatic carbocycles. The van der Waals surface area contributed by atoms with Gasteiger partial charge in [-0.3, -0.25) is 4.79 Å². The van der Waals surface area contributed by atoms with E-state index in [2.05, 4.69) is 5.32 Å². The second-order valence-electron chi connectivity index (χ2n) is 5.82. The molecule has 1 heterocycles. The molecule has 1 saturated heterocycles. The normalized spacial score (nSPS) is 30.1. The predicted molar refractivity (Wildman–Crippen MR) is 71.2 cm³/mol. The Kier molecular flexibility index (Phi) is 5.01. The van der Waals surface area contributed by atoms with E-state index in [1.54, 1.807) is 0 Å². The quantitative estimate of drug-likeness (QED) is 0.794. The number of likely N-dealkylation sites (N-methyl/N-ethyl adjacent to an activating group) is 1. The van der Waals surface area contributed by atoms with Crippen LogP contribution in [0.15, 0.2) is 0 Å². The third kappa shape index (κ3) is 3.45. The van der Waals surface area contributed by atoms with Gasteiger partial charge in [0, 0.05) is 13.5 Å². The molecule has 104 valence electrons. The fourth-order valence-corrected chi connectivity index (χ4v) is 3.21. The summed E-state index contributed by atoms with van der Waals surface area (Å²) in [6.45, 7) is 2.07. The minimum absolute atomic E-state index is 0.0490. The minimum atomic E-state index is -0.319. The lowest BCUT2D eigenvalue weighted by Crippen LogP contribution is -2.47. The van der Waals surface area contributed by atoms with E-state index in [1.807, 2.05) is 11.9 Å². The molecule has 0 bridgehead atoms. The van der Waals surface area contributed by atoms with Gasteiger partial charge in [-0.25, -0.2) is 0 Å². The minimum Gasteiger partial charge on any atom is -0.391 e. The lowest BCUT2D eigenvalue weighted by Gasteiger charge is -2.36. The van der Waals surface area contributed by atoms with Crippen molar-refractivity contribution in [3.8, 4) is 0 Å². The lowest BCUT2D eigenvalue weighted by atomic mass is 9.90. The third-order valence-electron chi connectivity index (χ3n) is 4.51. The average molecular weight is 254 g/mol. The first-order chi connectivity index (χ1) is 8.68. The van der Waals surface area contributed by atoms with E-state index in [0.29, 0.717) is 12.3 Å². The Balaban J connectivity index is 1.83. The number of piperidine rings is 1. The van der Waals surface area contributed by atoms with Gasteiger partial charge in [-0.15, -0.1) is 0 Å². The Hall–Kier alpha value is -0.610. The first-order valence-corrected chi connectivity index (χ1v) is 7.33. The van der Waals surface area contributed by atoms with E-state index in [-0.39, 0.29) is 18.1 Å². The van der Waals surface area contributed by atoms with E-state index < -0.39 is 0 Å². The number of aliphatic hydroxyl groups excluding tert-OH is 1. The van der Waals surface area contributed by atoms with Crippen molar-refractivity contribution in [3.05, 3.63) is 0 Å². The molecule has 2 unspecified atom stereocenters. The number of aliphatic hydroxyl groups is 1. The highest BCUT2D eigenvalue weighted by Crippen LogP contribution is 2.24. The van der Waals surface area contributed by atoms with Gasteiger partial charge in [0.15, 0.2) is 0 Å². The maximum absolute atomic E-state index is 12.3. The van der Waals surface area contributed by atoms with Crippen molar-refractivity contribution in [3.63, 3.8) is 0 Å². The van der Waals surface area contributed by atoms with Gasteiger partial charge in [0.1, 0.15) is 0 Å². The molecule has 1 saturated carbocycles. The van der Waals surface area contributed by atoms with Crippen molar-refractivity contribution >= 4 is 5.91 Å². The van der Waals surface area contributed by atoms with Gasteiger partial charge in [-0.1, -0.05) is 12.8 Å². The van der Waals surface area contributed by atoms with Crippen molar-refractivity contribution in [1.82, 2.24) is 10.2 Å². The molecule has 1 amide bonds. The van der Waals surface area contributed by atoms with Crippen LogP contribution >= 0.6 is 0 Å². The fraction of sp³-hybridized carbons (Fsp3) is 0.929. The van der Waals surface area contributed by atoms with Crippen LogP contribution in [-0.2, 0) is 4.79 Å². The number of rotatable bonds is 3. The van der Waals surface area contributed by atoms with Crippen LogP contribution in [0.5, 0.6) is 0 Å². The molecular weight excluding hydrogens is 228 g/mol. The van der Waals surface area contributed by atoms with Crippen molar-refractivity contribution in [2.75, 3.05) is 20.1 Å². The molecule has 2 atom stereocenters. The number of carbonyl (C=O) groups is 1. The van der Waals surface area contributed by atoms with Crippen LogP contribution in [0.4, 0.5) is 0 Å². The molecule has 18 heavy (non-hydrogen) atoms. The van der Waals surface area contributed by atoms with Gasteiger partial charge < -0.3 is 15.3 Å². The van der Waals surface area contributed by atoms with Crippen LogP contribution in [0, 0.1) is 5.92 Å². The van der Waals surface area contributed by atoms with Crippen molar-refractivity contribution < 1.29 is 9.90 Å². The molecule has 0 aromatic heterocycles. The monoisotopic (exact) mass is 254 g/mol. The molecule has 2 rings (SSSR count). The summed E-state index contributed by atoms with van der Waals surface area (Å²) < 4.78 is 0. The van der Waals surface area contributed by atoms with Crippen molar-refractivity contribution in [1.29, 1.82) is 0 Å². The molecule has 0 aromatic rings. The summed E-state index contributed by atoms with van der Waals surface area (Å²) in [5, 5.41) is 13.3. The standard InChI is InChI=1S/C14H26N2O2/c1-16(12-4-2-3-5-13(12)17)14(18)10-11-6-8-15-9-7-11/h11-13,15,17H,2-10H2,1H3. The Morgan fingerprint density at radius 3 is 2.56 bits per heavy atom. The van der Waals surface area contributed by atoms with Gasteiger partial charge in [-0.2, -0.15) is 0 Å². The SMILES string of the molecule is CN(C(=O)CC1CCNCC1)C1CCCCC1O. The van der Waals surface area contributed by atoms with E-state index in [0.717, 1.165) is 51.6 Å². The van der Waals surface area contributed by atoms with E-state index in [1.165, 1.54) is 0 Å². The number of hydrogen-bond acceptors (Lipinski definition) is 3. The van der Waals surface area contributed by atoms with E-state index >= 15 is 0 Å². The van der Waals surface area contributed by atoms with Crippen LogP contribution in [0.2, 0.25) is 0 Å². The Bertz CT molecular complexity index is 277. The van der Waals surface area contributed by atoms with Crippen LogP contribution in [0.25, 0.3) is 0 Å². The molecule has 0 spiro atoms. The molecule has 2 aliphatic rings. The average Bonchev–Trinajstić information content (AvgIpc) is 2.39. The second-order valence-corrected chi connectivity index (χ2v) is 5.82. The lowest BCUT2D eigenvalue weighted by molar-refractivity contribution is -0.136. The van der Waals surface area contributed by atoms with Gasteiger partial charge in [0.2, 0.25) is 5.91 Å². The van der Waals surface area contributed by atoms with Gasteiger partial charge in [-0.05, 0) is 44.7 Å². The maximum atomic E-state index is 12.3. The zero-order valence-electron chi connectivity index (χ0n) is 11.4. The first-order valence-electron chi connectivity index (χ1n) is 7.33. The molecule has 0 radical (unpaired) electrons. The number of nitrogens with zero attached hydrogens (tertiary/aromatic N) is 1. The summed E-state index contributed by atoms with van der Waals surface area (Å²) in [7, 11) is 1.86. The molecule has 1 aliphatic carbocycles. The summed E-state index contributed by atoms with van der Waals surface area (Å²) in [5.74, 6) is 0.745. The molecule has 1 aliphatic heterocycles. The molecule has 4 nitrogen and oxygen atoms in total. The third-order valence-corrected chi connectivity index (χ3v) is 4.51. The van der Waals surface area contributed by atoms with Crippen LogP contribution in [0.3, 0.4) is 0 Å². The largest absolute Gasteiger partial charge is 0.391 e. The summed E-state index contributed by atoms with van der Waals surface area (Å²) >= 11 is 0. The summed E-state index contributed by atoms with van der Waals surface area (Å²) in [6.07, 6.45) is 6.56. The Morgan fingerprint density at radius 1 is 1.22 bits per heavy atom. The van der Waals surface area contributed by atoms with E-state index in [9.17, 15) is 9.90 Å². The highest BCUT2D eigenvalue weighted by Gasteiger charge is 2.30. The van der Waals surface area contributed by atoms with Gasteiger partial charge in [0.25, 0.3) is 0 Å². The molecule has 2 N–H and O–H groups in total. The van der Waals surface area contributed by atoms with Crippen LogP contribution in [0.1, 0.15) is 44.9 Å². The van der Waals surface area contributed by atoms with E-state index in [4.69, 9.17) is 0 Å². The van der Waals surface area contributed by atoms with Crippen molar-refractivity contribution in [2.45, 2.75) is 57.1 Å².